The number of benzene rings is 1. The van der Waals surface area contributed by atoms with E-state index in [1.165, 1.54) is 6.92 Å². The molecule has 0 spiro atoms. The van der Waals surface area contributed by atoms with Gasteiger partial charge in [0.1, 0.15) is 12.0 Å². The number of halogens is 1. The molecule has 1 unspecified atom stereocenters. The van der Waals surface area contributed by atoms with E-state index in [1.807, 2.05) is 20.8 Å². The summed E-state index contributed by atoms with van der Waals surface area (Å²) in [4.78, 5) is 11.7. The van der Waals surface area contributed by atoms with Crippen molar-refractivity contribution < 1.29 is 9.90 Å². The maximum absolute atomic E-state index is 11.7. The molecule has 106 valence electrons. The van der Waals surface area contributed by atoms with Crippen LogP contribution in [0.1, 0.15) is 39.5 Å². The quantitative estimate of drug-likeness (QED) is 0.587. The molecule has 0 aliphatic heterocycles. The SMILES string of the molecule is CC(=O)[C@@H](NC(O)c1cccc(N)c1Cl)C(C)(C)C. The predicted octanol–water partition coefficient (Wildman–Crippen LogP) is 2.51. The van der Waals surface area contributed by atoms with Crippen molar-refractivity contribution in [2.45, 2.75) is 40.0 Å². The molecular formula is C14H21ClN2O2. The third kappa shape index (κ3) is 3.93. The fraction of sp³-hybridized carbons (Fsp3) is 0.500. The Bertz CT molecular complexity index is 469. The van der Waals surface area contributed by atoms with Crippen molar-refractivity contribution in [1.29, 1.82) is 0 Å². The molecule has 19 heavy (non-hydrogen) atoms. The number of hydrogen-bond donors (Lipinski definition) is 3. The van der Waals surface area contributed by atoms with Gasteiger partial charge < -0.3 is 10.8 Å². The lowest BCUT2D eigenvalue weighted by Gasteiger charge is -2.31. The van der Waals surface area contributed by atoms with E-state index in [9.17, 15) is 9.90 Å². The number of aliphatic hydroxyl groups is 1. The van der Waals surface area contributed by atoms with E-state index in [4.69, 9.17) is 17.3 Å². The van der Waals surface area contributed by atoms with Gasteiger partial charge in [-0.05, 0) is 18.4 Å². The van der Waals surface area contributed by atoms with Crippen molar-refractivity contribution >= 4 is 23.1 Å². The van der Waals surface area contributed by atoms with Crippen LogP contribution in [0.25, 0.3) is 0 Å². The first-order valence-electron chi connectivity index (χ1n) is 6.13. The molecule has 0 radical (unpaired) electrons. The van der Waals surface area contributed by atoms with Gasteiger partial charge in [0.25, 0.3) is 0 Å². The first-order chi connectivity index (χ1) is 8.64. The number of nitrogens with two attached hydrogens (primary N) is 1. The van der Waals surface area contributed by atoms with Crippen LogP contribution in [-0.2, 0) is 4.79 Å². The normalized spacial score (nSPS) is 15.1. The lowest BCUT2D eigenvalue weighted by Crippen LogP contribution is -2.47. The van der Waals surface area contributed by atoms with E-state index in [2.05, 4.69) is 5.32 Å². The molecule has 1 aromatic carbocycles. The minimum absolute atomic E-state index is 0.0356. The van der Waals surface area contributed by atoms with E-state index < -0.39 is 12.3 Å². The van der Waals surface area contributed by atoms with Gasteiger partial charge in [-0.1, -0.05) is 44.5 Å². The van der Waals surface area contributed by atoms with Crippen LogP contribution < -0.4 is 11.1 Å². The van der Waals surface area contributed by atoms with Crippen LogP contribution in [0.5, 0.6) is 0 Å². The van der Waals surface area contributed by atoms with Crippen molar-refractivity contribution in [3.05, 3.63) is 28.8 Å². The standard InChI is InChI=1S/C14H21ClN2O2/c1-8(18)12(14(2,3)4)17-13(19)9-6-5-7-10(16)11(9)15/h5-7,12-13,17,19H,16H2,1-4H3/t12-,13?/m1/s1. The second-order valence-electron chi connectivity index (χ2n) is 5.73. The highest BCUT2D eigenvalue weighted by atomic mass is 35.5. The molecule has 1 rings (SSSR count). The molecule has 0 aromatic heterocycles. The van der Waals surface area contributed by atoms with Crippen LogP contribution in [0.4, 0.5) is 5.69 Å². The van der Waals surface area contributed by atoms with Gasteiger partial charge in [0.15, 0.2) is 0 Å². The predicted molar refractivity (Wildman–Crippen MR) is 77.9 cm³/mol. The van der Waals surface area contributed by atoms with Crippen LogP contribution in [0.2, 0.25) is 5.02 Å². The number of hydrogen-bond acceptors (Lipinski definition) is 4. The average Bonchev–Trinajstić information content (AvgIpc) is 2.27. The molecule has 0 aliphatic rings. The summed E-state index contributed by atoms with van der Waals surface area (Å²) in [6, 6.07) is 4.57. The second kappa shape index (κ2) is 5.90. The average molecular weight is 285 g/mol. The summed E-state index contributed by atoms with van der Waals surface area (Å²) >= 11 is 6.06. The van der Waals surface area contributed by atoms with Gasteiger partial charge in [-0.25, -0.2) is 0 Å². The summed E-state index contributed by atoms with van der Waals surface area (Å²) in [6.45, 7) is 7.29. The third-order valence-corrected chi connectivity index (χ3v) is 3.39. The minimum atomic E-state index is -1.04. The van der Waals surface area contributed by atoms with Gasteiger partial charge in [-0.3, -0.25) is 10.1 Å². The Morgan fingerprint density at radius 1 is 1.42 bits per heavy atom. The number of anilines is 1. The number of Topliss-reactive ketones (excluding diaryl/α,β-unsaturated/α-hetero) is 1. The molecule has 0 bridgehead atoms. The smallest absolute Gasteiger partial charge is 0.147 e. The van der Waals surface area contributed by atoms with Crippen molar-refractivity contribution in [1.82, 2.24) is 5.32 Å². The Morgan fingerprint density at radius 2 is 2.00 bits per heavy atom. The zero-order valence-electron chi connectivity index (χ0n) is 11.7. The Kier molecular flexibility index (Phi) is 4.96. The zero-order chi connectivity index (χ0) is 14.8. The van der Waals surface area contributed by atoms with E-state index in [0.29, 0.717) is 16.3 Å². The van der Waals surface area contributed by atoms with Crippen molar-refractivity contribution in [2.75, 3.05) is 5.73 Å². The summed E-state index contributed by atoms with van der Waals surface area (Å²) in [5, 5.41) is 13.4. The van der Waals surface area contributed by atoms with Crippen LogP contribution >= 0.6 is 11.6 Å². The summed E-state index contributed by atoms with van der Waals surface area (Å²) < 4.78 is 0. The summed E-state index contributed by atoms with van der Waals surface area (Å²) in [6.07, 6.45) is -1.04. The summed E-state index contributed by atoms with van der Waals surface area (Å²) in [5.41, 5.74) is 6.26. The lowest BCUT2D eigenvalue weighted by molar-refractivity contribution is -0.122. The molecule has 4 nitrogen and oxygen atoms in total. The maximum atomic E-state index is 11.7. The minimum Gasteiger partial charge on any atom is -0.398 e. The van der Waals surface area contributed by atoms with E-state index in [1.54, 1.807) is 18.2 Å². The van der Waals surface area contributed by atoms with Crippen LogP contribution in [0.15, 0.2) is 18.2 Å². The monoisotopic (exact) mass is 284 g/mol. The number of carbonyl (C=O) groups is 1. The number of carbonyl (C=O) groups excluding carboxylic acids is 1. The molecular weight excluding hydrogens is 264 g/mol. The fourth-order valence-electron chi connectivity index (χ4n) is 2.00. The molecule has 0 saturated carbocycles. The Hall–Kier alpha value is -1.10. The Balaban J connectivity index is 2.98. The highest BCUT2D eigenvalue weighted by molar-refractivity contribution is 6.33. The molecule has 0 amide bonds. The van der Waals surface area contributed by atoms with Crippen molar-refractivity contribution in [2.24, 2.45) is 5.41 Å². The Morgan fingerprint density at radius 3 is 2.47 bits per heavy atom. The molecule has 5 heteroatoms. The number of nitrogens with one attached hydrogen (secondary N) is 1. The molecule has 1 aromatic rings. The topological polar surface area (TPSA) is 75.3 Å². The molecule has 4 N–H and O–H groups in total. The number of ketones is 1. The second-order valence-corrected chi connectivity index (χ2v) is 6.11. The molecule has 0 heterocycles. The van der Waals surface area contributed by atoms with Crippen LogP contribution in [0.3, 0.4) is 0 Å². The third-order valence-electron chi connectivity index (χ3n) is 2.95. The van der Waals surface area contributed by atoms with Crippen molar-refractivity contribution in [3.63, 3.8) is 0 Å². The molecule has 0 aliphatic carbocycles. The van der Waals surface area contributed by atoms with Gasteiger partial charge in [-0.15, -0.1) is 0 Å². The Labute approximate surface area is 118 Å². The number of rotatable bonds is 4. The van der Waals surface area contributed by atoms with E-state index in [-0.39, 0.29) is 11.2 Å². The molecule has 0 saturated heterocycles. The highest BCUT2D eigenvalue weighted by Crippen LogP contribution is 2.29. The first-order valence-corrected chi connectivity index (χ1v) is 6.51. The van der Waals surface area contributed by atoms with Gasteiger partial charge >= 0.3 is 0 Å². The van der Waals surface area contributed by atoms with Gasteiger partial charge in [0, 0.05) is 5.56 Å². The van der Waals surface area contributed by atoms with Crippen LogP contribution in [0, 0.1) is 5.41 Å². The molecule has 0 fully saturated rings. The maximum Gasteiger partial charge on any atom is 0.147 e. The number of nitrogen functional groups attached to an aromatic ring is 1. The van der Waals surface area contributed by atoms with Gasteiger partial charge in [0.2, 0.25) is 0 Å². The number of aliphatic hydroxyl groups excluding tert-OH is 1. The van der Waals surface area contributed by atoms with Gasteiger partial charge in [-0.2, -0.15) is 0 Å². The largest absolute Gasteiger partial charge is 0.398 e. The fourth-order valence-corrected chi connectivity index (χ4v) is 2.23. The zero-order valence-corrected chi connectivity index (χ0v) is 12.5. The van der Waals surface area contributed by atoms with Crippen molar-refractivity contribution in [3.8, 4) is 0 Å². The van der Waals surface area contributed by atoms with E-state index >= 15 is 0 Å². The summed E-state index contributed by atoms with van der Waals surface area (Å²) in [7, 11) is 0. The van der Waals surface area contributed by atoms with Crippen LogP contribution in [-0.4, -0.2) is 16.9 Å². The van der Waals surface area contributed by atoms with E-state index in [0.717, 1.165) is 0 Å². The first kappa shape index (κ1) is 16.0. The highest BCUT2D eigenvalue weighted by Gasteiger charge is 2.31. The lowest BCUT2D eigenvalue weighted by atomic mass is 9.84. The molecule has 2 atom stereocenters. The summed E-state index contributed by atoms with van der Waals surface area (Å²) in [5.74, 6) is -0.0356. The van der Waals surface area contributed by atoms with Gasteiger partial charge in [0.05, 0.1) is 16.8 Å².